The zero-order valence-electron chi connectivity index (χ0n) is 15.4. The van der Waals surface area contributed by atoms with Crippen molar-refractivity contribution in [1.82, 2.24) is 14.6 Å². The van der Waals surface area contributed by atoms with Crippen LogP contribution in [0.5, 0.6) is 5.75 Å². The molecular weight excluding hydrogens is 357 g/mol. The lowest BCUT2D eigenvalue weighted by Crippen LogP contribution is -2.27. The second kappa shape index (κ2) is 7.87. The zero-order valence-corrected chi connectivity index (χ0v) is 15.4. The molecule has 1 atom stereocenters. The van der Waals surface area contributed by atoms with Crippen molar-refractivity contribution in [2.75, 3.05) is 18.5 Å². The van der Waals surface area contributed by atoms with Gasteiger partial charge in [0.15, 0.2) is 5.65 Å². The van der Waals surface area contributed by atoms with Gasteiger partial charge in [-0.1, -0.05) is 12.3 Å². The number of terminal acetylenes is 1. The van der Waals surface area contributed by atoms with Crippen LogP contribution in [0.3, 0.4) is 0 Å². The minimum absolute atomic E-state index is 0.121. The highest BCUT2D eigenvalue weighted by Gasteiger charge is 2.31. The minimum atomic E-state index is -0.296. The molecule has 1 fully saturated rings. The molecule has 1 aliphatic rings. The standard InChI is InChI=1S/C21H22FN5O/c1-2-14-13-24-27-10-8-19(26-21(14)27)25-20(15-4-3-5-15)17-12-16(22)6-7-18(17)28-11-9-23/h1,6-8,10,12-13,15,20H,3-5,9,11,23H2,(H,25,26). The van der Waals surface area contributed by atoms with Crippen LogP contribution in [-0.2, 0) is 0 Å². The monoisotopic (exact) mass is 379 g/mol. The lowest BCUT2D eigenvalue weighted by molar-refractivity contribution is 0.265. The molecule has 144 valence electrons. The Bertz CT molecular complexity index is 1020. The second-order valence-electron chi connectivity index (χ2n) is 6.92. The summed E-state index contributed by atoms with van der Waals surface area (Å²) in [6.07, 6.45) is 12.2. The van der Waals surface area contributed by atoms with E-state index in [2.05, 4.69) is 21.3 Å². The lowest BCUT2D eigenvalue weighted by atomic mass is 9.77. The molecule has 3 aromatic rings. The number of hydrogen-bond acceptors (Lipinski definition) is 5. The number of nitrogens with one attached hydrogen (secondary N) is 1. The summed E-state index contributed by atoms with van der Waals surface area (Å²) in [7, 11) is 0. The van der Waals surface area contributed by atoms with Gasteiger partial charge in [0.05, 0.1) is 17.8 Å². The summed E-state index contributed by atoms with van der Waals surface area (Å²) < 4.78 is 21.5. The van der Waals surface area contributed by atoms with Gasteiger partial charge in [-0.2, -0.15) is 5.10 Å². The first-order valence-corrected chi connectivity index (χ1v) is 9.39. The van der Waals surface area contributed by atoms with Crippen molar-refractivity contribution in [2.24, 2.45) is 11.7 Å². The SMILES string of the molecule is C#Cc1cnn2ccc(NC(c3cc(F)ccc3OCCN)C3CCC3)nc12. The maximum Gasteiger partial charge on any atom is 0.172 e. The van der Waals surface area contributed by atoms with Crippen molar-refractivity contribution in [1.29, 1.82) is 0 Å². The summed E-state index contributed by atoms with van der Waals surface area (Å²) >= 11 is 0. The Labute approximate surface area is 162 Å². The molecule has 2 heterocycles. The number of nitrogens with zero attached hydrogens (tertiary/aromatic N) is 3. The quantitative estimate of drug-likeness (QED) is 0.617. The molecule has 0 spiro atoms. The largest absolute Gasteiger partial charge is 0.492 e. The van der Waals surface area contributed by atoms with E-state index in [1.807, 2.05) is 6.07 Å². The van der Waals surface area contributed by atoms with Crippen LogP contribution in [0.1, 0.15) is 36.4 Å². The van der Waals surface area contributed by atoms with Crippen LogP contribution >= 0.6 is 0 Å². The van der Waals surface area contributed by atoms with Crippen LogP contribution in [0, 0.1) is 24.1 Å². The number of aromatic nitrogens is 3. The fourth-order valence-electron chi connectivity index (χ4n) is 3.50. The van der Waals surface area contributed by atoms with E-state index < -0.39 is 0 Å². The predicted octanol–water partition coefficient (Wildman–Crippen LogP) is 3.14. The normalized spacial score (nSPS) is 15.0. The highest BCUT2D eigenvalue weighted by atomic mass is 19.1. The van der Waals surface area contributed by atoms with Crippen molar-refractivity contribution in [3.63, 3.8) is 0 Å². The van der Waals surface area contributed by atoms with Crippen LogP contribution < -0.4 is 15.8 Å². The molecule has 1 saturated carbocycles. The van der Waals surface area contributed by atoms with Crippen LogP contribution in [0.25, 0.3) is 5.65 Å². The van der Waals surface area contributed by atoms with Gasteiger partial charge in [0, 0.05) is 18.3 Å². The molecular formula is C21H22FN5O. The van der Waals surface area contributed by atoms with Crippen LogP contribution in [0.2, 0.25) is 0 Å². The van der Waals surface area contributed by atoms with E-state index >= 15 is 0 Å². The molecule has 0 aliphatic heterocycles. The van der Waals surface area contributed by atoms with E-state index in [0.29, 0.717) is 41.8 Å². The Morgan fingerprint density at radius 2 is 2.25 bits per heavy atom. The van der Waals surface area contributed by atoms with Crippen molar-refractivity contribution in [2.45, 2.75) is 25.3 Å². The first-order chi connectivity index (χ1) is 13.7. The summed E-state index contributed by atoms with van der Waals surface area (Å²) in [6, 6.07) is 6.32. The number of halogens is 1. The van der Waals surface area contributed by atoms with Crippen molar-refractivity contribution in [3.8, 4) is 18.1 Å². The van der Waals surface area contributed by atoms with Gasteiger partial charge in [0.25, 0.3) is 0 Å². The highest BCUT2D eigenvalue weighted by molar-refractivity contribution is 5.58. The van der Waals surface area contributed by atoms with Crippen LogP contribution in [0.4, 0.5) is 10.2 Å². The molecule has 28 heavy (non-hydrogen) atoms. The summed E-state index contributed by atoms with van der Waals surface area (Å²) in [5.74, 6) is 3.97. The second-order valence-corrected chi connectivity index (χ2v) is 6.92. The molecule has 1 unspecified atom stereocenters. The molecule has 0 radical (unpaired) electrons. The number of hydrogen-bond donors (Lipinski definition) is 2. The third-order valence-corrected chi connectivity index (χ3v) is 5.13. The first-order valence-electron chi connectivity index (χ1n) is 9.39. The van der Waals surface area contributed by atoms with Crippen LogP contribution in [0.15, 0.2) is 36.7 Å². The molecule has 2 aromatic heterocycles. The number of fused-ring (bicyclic) bond motifs is 1. The molecule has 0 saturated heterocycles. The van der Waals surface area contributed by atoms with E-state index in [0.717, 1.165) is 24.8 Å². The smallest absolute Gasteiger partial charge is 0.172 e. The van der Waals surface area contributed by atoms with Crippen molar-refractivity contribution >= 4 is 11.5 Å². The Balaban J connectivity index is 1.70. The average molecular weight is 379 g/mol. The Morgan fingerprint density at radius 1 is 1.39 bits per heavy atom. The van der Waals surface area contributed by atoms with Gasteiger partial charge >= 0.3 is 0 Å². The van der Waals surface area contributed by atoms with Gasteiger partial charge in [-0.25, -0.2) is 13.9 Å². The first kappa shape index (κ1) is 18.3. The average Bonchev–Trinajstić information content (AvgIpc) is 3.07. The highest BCUT2D eigenvalue weighted by Crippen LogP contribution is 2.42. The van der Waals surface area contributed by atoms with Gasteiger partial charge < -0.3 is 15.8 Å². The number of nitrogens with two attached hydrogens (primary N) is 1. The van der Waals surface area contributed by atoms with Crippen molar-refractivity contribution in [3.05, 3.63) is 53.6 Å². The minimum Gasteiger partial charge on any atom is -0.492 e. The molecule has 7 heteroatoms. The van der Waals surface area contributed by atoms with E-state index in [9.17, 15) is 4.39 Å². The number of ether oxygens (including phenoxy) is 1. The van der Waals surface area contributed by atoms with E-state index in [1.54, 1.807) is 23.0 Å². The summed E-state index contributed by atoms with van der Waals surface area (Å²) in [4.78, 5) is 4.62. The van der Waals surface area contributed by atoms with Gasteiger partial charge in [-0.05, 0) is 43.0 Å². The maximum absolute atomic E-state index is 14.1. The van der Waals surface area contributed by atoms with Gasteiger partial charge in [-0.3, -0.25) is 0 Å². The van der Waals surface area contributed by atoms with Gasteiger partial charge in [0.1, 0.15) is 24.0 Å². The Hall–Kier alpha value is -3.11. The third-order valence-electron chi connectivity index (χ3n) is 5.13. The fourth-order valence-corrected chi connectivity index (χ4v) is 3.50. The number of benzene rings is 1. The lowest BCUT2D eigenvalue weighted by Gasteiger charge is -2.35. The molecule has 4 rings (SSSR count). The predicted molar refractivity (Wildman–Crippen MR) is 106 cm³/mol. The van der Waals surface area contributed by atoms with Crippen molar-refractivity contribution < 1.29 is 9.13 Å². The fraction of sp³-hybridized carbons (Fsp3) is 0.333. The molecule has 0 amide bonds. The topological polar surface area (TPSA) is 77.5 Å². The van der Waals surface area contributed by atoms with E-state index in [4.69, 9.17) is 16.9 Å². The summed E-state index contributed by atoms with van der Waals surface area (Å²) in [6.45, 7) is 0.772. The van der Waals surface area contributed by atoms with E-state index in [1.165, 1.54) is 12.1 Å². The number of rotatable bonds is 7. The zero-order chi connectivity index (χ0) is 19.5. The summed E-state index contributed by atoms with van der Waals surface area (Å²) in [5, 5.41) is 7.67. The van der Waals surface area contributed by atoms with Gasteiger partial charge in [-0.15, -0.1) is 6.42 Å². The van der Waals surface area contributed by atoms with Gasteiger partial charge in [0.2, 0.25) is 0 Å². The molecule has 0 bridgehead atoms. The molecule has 6 nitrogen and oxygen atoms in total. The molecule has 3 N–H and O–H groups in total. The number of anilines is 1. The van der Waals surface area contributed by atoms with Crippen LogP contribution in [-0.4, -0.2) is 27.7 Å². The third kappa shape index (κ3) is 3.51. The van der Waals surface area contributed by atoms with E-state index in [-0.39, 0.29) is 11.9 Å². The maximum atomic E-state index is 14.1. The molecule has 1 aliphatic carbocycles. The molecule has 1 aromatic carbocycles. The summed E-state index contributed by atoms with van der Waals surface area (Å²) in [5.41, 5.74) is 7.59. The Morgan fingerprint density at radius 3 is 2.96 bits per heavy atom. The Kier molecular flexibility index (Phi) is 5.13.